The highest BCUT2D eigenvalue weighted by Crippen LogP contribution is 2.25. The van der Waals surface area contributed by atoms with Gasteiger partial charge in [0.1, 0.15) is 0 Å². The van der Waals surface area contributed by atoms with Gasteiger partial charge in [-0.25, -0.2) is 0 Å². The highest BCUT2D eigenvalue weighted by molar-refractivity contribution is 5.95. The van der Waals surface area contributed by atoms with Crippen molar-refractivity contribution in [2.24, 2.45) is 5.92 Å². The van der Waals surface area contributed by atoms with E-state index >= 15 is 0 Å². The van der Waals surface area contributed by atoms with Crippen LogP contribution in [0.25, 0.3) is 0 Å². The van der Waals surface area contributed by atoms with Gasteiger partial charge >= 0.3 is 0 Å². The Bertz CT molecular complexity index is 428. The van der Waals surface area contributed by atoms with Crippen molar-refractivity contribution >= 4 is 11.8 Å². The Morgan fingerprint density at radius 1 is 1.21 bits per heavy atom. The van der Waals surface area contributed by atoms with Crippen LogP contribution in [-0.4, -0.2) is 16.8 Å². The van der Waals surface area contributed by atoms with Crippen LogP contribution >= 0.6 is 0 Å². The fourth-order valence-corrected chi connectivity index (χ4v) is 2.40. The molecule has 0 aliphatic heterocycles. The third kappa shape index (κ3) is 4.35. The summed E-state index contributed by atoms with van der Waals surface area (Å²) in [4.78, 5) is 27.2. The number of rotatable bonds is 3. The first-order valence-electron chi connectivity index (χ1n) is 6.75. The van der Waals surface area contributed by atoms with Crippen LogP contribution in [0.4, 0.5) is 0 Å². The number of hydrogen-bond acceptors (Lipinski definition) is 3. The van der Waals surface area contributed by atoms with Gasteiger partial charge in [0.25, 0.3) is 5.91 Å². The minimum absolute atomic E-state index is 0.121. The van der Waals surface area contributed by atoms with Gasteiger partial charge in [-0.2, -0.15) is 0 Å². The molecule has 19 heavy (non-hydrogen) atoms. The minimum atomic E-state index is -0.343. The van der Waals surface area contributed by atoms with E-state index in [0.29, 0.717) is 17.9 Å². The van der Waals surface area contributed by atoms with Gasteiger partial charge in [0.15, 0.2) is 0 Å². The fraction of sp³-hybridized carbons (Fsp3) is 0.500. The van der Waals surface area contributed by atoms with Crippen molar-refractivity contribution in [2.45, 2.75) is 38.5 Å². The molecule has 1 fully saturated rings. The Morgan fingerprint density at radius 2 is 2.00 bits per heavy atom. The van der Waals surface area contributed by atoms with Crippen molar-refractivity contribution < 1.29 is 9.59 Å². The Kier molecular flexibility index (Phi) is 4.89. The molecule has 0 bridgehead atoms. The van der Waals surface area contributed by atoms with Gasteiger partial charge in [-0.3, -0.25) is 25.4 Å². The summed E-state index contributed by atoms with van der Waals surface area (Å²) in [6, 6.07) is 3.33. The summed E-state index contributed by atoms with van der Waals surface area (Å²) in [7, 11) is 0. The number of amides is 2. The van der Waals surface area contributed by atoms with Crippen LogP contribution in [-0.2, 0) is 4.79 Å². The molecule has 0 atom stereocenters. The standard InChI is InChI=1S/C14H19N3O2/c18-13(9-11-5-2-1-3-6-11)16-17-14(19)12-7-4-8-15-10-12/h4,7-8,10-11H,1-3,5-6,9H2,(H,16,18)(H,17,19). The van der Waals surface area contributed by atoms with Crippen LogP contribution in [0.1, 0.15) is 48.9 Å². The number of pyridine rings is 1. The molecular formula is C14H19N3O2. The van der Waals surface area contributed by atoms with Gasteiger partial charge in [0, 0.05) is 18.8 Å². The lowest BCUT2D eigenvalue weighted by molar-refractivity contribution is -0.123. The molecule has 2 rings (SSSR count). The summed E-state index contributed by atoms with van der Waals surface area (Å²) in [6.45, 7) is 0. The van der Waals surface area contributed by atoms with Gasteiger partial charge in [-0.1, -0.05) is 19.3 Å². The first-order chi connectivity index (χ1) is 9.25. The topological polar surface area (TPSA) is 71.1 Å². The maximum Gasteiger partial charge on any atom is 0.271 e. The predicted molar refractivity (Wildman–Crippen MR) is 71.0 cm³/mol. The molecule has 5 nitrogen and oxygen atoms in total. The first kappa shape index (κ1) is 13.5. The molecule has 1 aromatic rings. The van der Waals surface area contributed by atoms with E-state index in [1.807, 2.05) is 0 Å². The van der Waals surface area contributed by atoms with Crippen molar-refractivity contribution in [3.8, 4) is 0 Å². The lowest BCUT2D eigenvalue weighted by Gasteiger charge is -2.20. The third-order valence-electron chi connectivity index (χ3n) is 3.44. The monoisotopic (exact) mass is 261 g/mol. The summed E-state index contributed by atoms with van der Waals surface area (Å²) >= 11 is 0. The van der Waals surface area contributed by atoms with Crippen molar-refractivity contribution in [1.29, 1.82) is 0 Å². The highest BCUT2D eigenvalue weighted by Gasteiger charge is 2.17. The van der Waals surface area contributed by atoms with Gasteiger partial charge in [-0.05, 0) is 30.9 Å². The number of carbonyl (C=O) groups excluding carboxylic acids is 2. The predicted octanol–water partition coefficient (Wildman–Crippen LogP) is 1.81. The fourth-order valence-electron chi connectivity index (χ4n) is 2.40. The molecule has 2 amide bonds. The summed E-state index contributed by atoms with van der Waals surface area (Å²) in [5.74, 6) is -0.00159. The largest absolute Gasteiger partial charge is 0.273 e. The van der Waals surface area contributed by atoms with Crippen LogP contribution in [0.15, 0.2) is 24.5 Å². The number of nitrogens with one attached hydrogen (secondary N) is 2. The molecule has 1 aromatic heterocycles. The van der Waals surface area contributed by atoms with Gasteiger partial charge in [0.05, 0.1) is 5.56 Å². The average molecular weight is 261 g/mol. The number of hydrogen-bond donors (Lipinski definition) is 2. The number of aromatic nitrogens is 1. The van der Waals surface area contributed by atoms with Gasteiger partial charge < -0.3 is 0 Å². The summed E-state index contributed by atoms with van der Waals surface area (Å²) < 4.78 is 0. The Hall–Kier alpha value is -1.91. The number of nitrogens with zero attached hydrogens (tertiary/aromatic N) is 1. The van der Waals surface area contributed by atoms with Gasteiger partial charge in [0.2, 0.25) is 5.91 Å². The van der Waals surface area contributed by atoms with E-state index in [4.69, 9.17) is 0 Å². The van der Waals surface area contributed by atoms with E-state index in [-0.39, 0.29) is 11.8 Å². The van der Waals surface area contributed by atoms with E-state index in [9.17, 15) is 9.59 Å². The van der Waals surface area contributed by atoms with E-state index in [0.717, 1.165) is 12.8 Å². The first-order valence-corrected chi connectivity index (χ1v) is 6.75. The molecule has 0 radical (unpaired) electrons. The minimum Gasteiger partial charge on any atom is -0.273 e. The molecular weight excluding hydrogens is 242 g/mol. The van der Waals surface area contributed by atoms with E-state index in [1.54, 1.807) is 18.3 Å². The number of hydrazine groups is 1. The molecule has 0 aromatic carbocycles. The van der Waals surface area contributed by atoms with Crippen LogP contribution in [0.5, 0.6) is 0 Å². The molecule has 2 N–H and O–H groups in total. The summed E-state index contributed by atoms with van der Waals surface area (Å²) in [6.07, 6.45) is 9.47. The Labute approximate surface area is 112 Å². The molecule has 5 heteroatoms. The normalized spacial score (nSPS) is 15.8. The Balaban J connectivity index is 1.72. The van der Waals surface area contributed by atoms with Crippen molar-refractivity contribution in [2.75, 3.05) is 0 Å². The molecule has 1 heterocycles. The van der Waals surface area contributed by atoms with Crippen molar-refractivity contribution in [3.63, 3.8) is 0 Å². The molecule has 0 spiro atoms. The maximum atomic E-state index is 11.7. The zero-order valence-corrected chi connectivity index (χ0v) is 10.9. The van der Waals surface area contributed by atoms with Gasteiger partial charge in [-0.15, -0.1) is 0 Å². The smallest absolute Gasteiger partial charge is 0.271 e. The maximum absolute atomic E-state index is 11.7. The second kappa shape index (κ2) is 6.87. The van der Waals surface area contributed by atoms with E-state index in [1.165, 1.54) is 25.5 Å². The molecule has 0 saturated heterocycles. The lowest BCUT2D eigenvalue weighted by Crippen LogP contribution is -2.42. The second-order valence-corrected chi connectivity index (χ2v) is 4.95. The lowest BCUT2D eigenvalue weighted by atomic mass is 9.87. The highest BCUT2D eigenvalue weighted by atomic mass is 16.2. The third-order valence-corrected chi connectivity index (χ3v) is 3.44. The zero-order valence-electron chi connectivity index (χ0n) is 10.9. The number of carbonyl (C=O) groups is 2. The molecule has 0 unspecified atom stereocenters. The van der Waals surface area contributed by atoms with Crippen molar-refractivity contribution in [1.82, 2.24) is 15.8 Å². The van der Waals surface area contributed by atoms with E-state index in [2.05, 4.69) is 15.8 Å². The SMILES string of the molecule is O=C(CC1CCCCC1)NNC(=O)c1cccnc1. The van der Waals surface area contributed by atoms with Crippen LogP contribution in [0, 0.1) is 5.92 Å². The van der Waals surface area contributed by atoms with Crippen LogP contribution in [0.3, 0.4) is 0 Å². The average Bonchev–Trinajstić information content (AvgIpc) is 2.47. The van der Waals surface area contributed by atoms with E-state index < -0.39 is 0 Å². The molecule has 1 saturated carbocycles. The summed E-state index contributed by atoms with van der Waals surface area (Å²) in [5.41, 5.74) is 5.30. The quantitative estimate of drug-likeness (QED) is 0.815. The molecule has 1 aliphatic carbocycles. The molecule has 1 aliphatic rings. The van der Waals surface area contributed by atoms with Crippen molar-refractivity contribution in [3.05, 3.63) is 30.1 Å². The zero-order chi connectivity index (χ0) is 13.5. The Morgan fingerprint density at radius 3 is 2.68 bits per heavy atom. The molecule has 102 valence electrons. The summed E-state index contributed by atoms with van der Waals surface area (Å²) in [5, 5.41) is 0. The van der Waals surface area contributed by atoms with Crippen LogP contribution in [0.2, 0.25) is 0 Å². The van der Waals surface area contributed by atoms with Crippen LogP contribution < -0.4 is 10.9 Å². The second-order valence-electron chi connectivity index (χ2n) is 4.95.